The molecule has 4 rings (SSSR count). The topological polar surface area (TPSA) is 75.7 Å². The zero-order valence-electron chi connectivity index (χ0n) is 17.5. The predicted molar refractivity (Wildman–Crippen MR) is 111 cm³/mol. The van der Waals surface area contributed by atoms with E-state index in [-0.39, 0.29) is 31.4 Å². The zero-order chi connectivity index (χ0) is 22.2. The summed E-state index contributed by atoms with van der Waals surface area (Å²) in [4.78, 5) is 41.2. The zero-order valence-corrected chi connectivity index (χ0v) is 17.5. The summed E-state index contributed by atoms with van der Waals surface area (Å²) in [5.74, 6) is -3.33. The quantitative estimate of drug-likeness (QED) is 0.570. The van der Waals surface area contributed by atoms with Gasteiger partial charge in [-0.05, 0) is 37.1 Å². The first kappa shape index (κ1) is 21.2. The summed E-state index contributed by atoms with van der Waals surface area (Å²) in [6, 6.07) is 14.5. The van der Waals surface area contributed by atoms with Crippen LogP contribution in [0.2, 0.25) is 0 Å². The number of nitrogens with one attached hydrogen (secondary N) is 1. The molecule has 6 nitrogen and oxygen atoms in total. The highest BCUT2D eigenvalue weighted by Crippen LogP contribution is 2.50. The summed E-state index contributed by atoms with van der Waals surface area (Å²) in [5, 5.41) is 3.32. The van der Waals surface area contributed by atoms with Crippen molar-refractivity contribution in [2.24, 2.45) is 11.8 Å². The number of carbonyl (C=O) groups is 3. The van der Waals surface area contributed by atoms with E-state index >= 15 is 0 Å². The van der Waals surface area contributed by atoms with Gasteiger partial charge in [0.15, 0.2) is 0 Å². The standard InChI is InChI=1S/C24H25FN2O4/c1-3-27-21(28)18-19(22(27)29)24(23(30)31-4-2,14-15-8-6-5-7-9-15)26-20(18)16-10-12-17(25)13-11-16/h5-13,18-20,26H,3-4,14H2,1-2H3. The van der Waals surface area contributed by atoms with Crippen LogP contribution in [0.5, 0.6) is 0 Å². The first-order valence-electron chi connectivity index (χ1n) is 10.5. The van der Waals surface area contributed by atoms with E-state index in [1.807, 2.05) is 30.3 Å². The summed E-state index contributed by atoms with van der Waals surface area (Å²) in [6.07, 6.45) is 0.197. The van der Waals surface area contributed by atoms with Gasteiger partial charge in [-0.2, -0.15) is 0 Å². The molecule has 2 aliphatic rings. The molecule has 2 saturated heterocycles. The Labute approximate surface area is 180 Å². The molecular weight excluding hydrogens is 399 g/mol. The van der Waals surface area contributed by atoms with Crippen LogP contribution in [0.25, 0.3) is 0 Å². The van der Waals surface area contributed by atoms with E-state index in [0.717, 1.165) is 5.56 Å². The maximum Gasteiger partial charge on any atom is 0.327 e. The Morgan fingerprint density at radius 3 is 2.35 bits per heavy atom. The number of ether oxygens (including phenoxy) is 1. The second-order valence-corrected chi connectivity index (χ2v) is 7.95. The molecule has 0 aromatic heterocycles. The van der Waals surface area contributed by atoms with Gasteiger partial charge in [-0.25, -0.2) is 4.39 Å². The molecule has 0 radical (unpaired) electrons. The Kier molecular flexibility index (Phi) is 5.62. The van der Waals surface area contributed by atoms with E-state index in [1.54, 1.807) is 26.0 Å². The largest absolute Gasteiger partial charge is 0.465 e. The van der Waals surface area contributed by atoms with E-state index in [9.17, 15) is 18.8 Å². The van der Waals surface area contributed by atoms with Crippen LogP contribution in [0.4, 0.5) is 4.39 Å². The average Bonchev–Trinajstić information content (AvgIpc) is 3.24. The van der Waals surface area contributed by atoms with E-state index < -0.39 is 35.2 Å². The van der Waals surface area contributed by atoms with Crippen LogP contribution in [0.3, 0.4) is 0 Å². The number of amides is 2. The minimum absolute atomic E-state index is 0.148. The molecule has 2 heterocycles. The van der Waals surface area contributed by atoms with Gasteiger partial charge in [0.1, 0.15) is 11.4 Å². The number of halogens is 1. The first-order valence-corrected chi connectivity index (χ1v) is 10.5. The number of fused-ring (bicyclic) bond motifs is 1. The van der Waals surface area contributed by atoms with E-state index in [0.29, 0.717) is 5.56 Å². The summed E-state index contributed by atoms with van der Waals surface area (Å²) in [7, 11) is 0. The van der Waals surface area contributed by atoms with Gasteiger partial charge in [-0.3, -0.25) is 24.6 Å². The first-order chi connectivity index (χ1) is 14.9. The minimum Gasteiger partial charge on any atom is -0.465 e. The molecule has 2 aromatic rings. The number of benzene rings is 2. The van der Waals surface area contributed by atoms with Gasteiger partial charge in [0.05, 0.1) is 18.4 Å². The van der Waals surface area contributed by atoms with E-state index in [1.165, 1.54) is 17.0 Å². The molecule has 0 saturated carbocycles. The van der Waals surface area contributed by atoms with Crippen molar-refractivity contribution in [3.05, 3.63) is 71.5 Å². The average molecular weight is 424 g/mol. The number of likely N-dealkylation sites (tertiary alicyclic amines) is 1. The molecule has 4 atom stereocenters. The van der Waals surface area contributed by atoms with Crippen molar-refractivity contribution in [3.63, 3.8) is 0 Å². The fraction of sp³-hybridized carbons (Fsp3) is 0.375. The van der Waals surface area contributed by atoms with Crippen LogP contribution in [-0.2, 0) is 25.5 Å². The lowest BCUT2D eigenvalue weighted by Gasteiger charge is -2.33. The number of imide groups is 1. The third-order valence-electron chi connectivity index (χ3n) is 6.26. The summed E-state index contributed by atoms with van der Waals surface area (Å²) in [5.41, 5.74) is 0.0871. The lowest BCUT2D eigenvalue weighted by molar-refractivity contribution is -0.156. The summed E-state index contributed by atoms with van der Waals surface area (Å²) >= 11 is 0. The number of hydrogen-bond acceptors (Lipinski definition) is 5. The Bertz CT molecular complexity index is 994. The van der Waals surface area contributed by atoms with Crippen molar-refractivity contribution >= 4 is 17.8 Å². The number of hydrogen-bond donors (Lipinski definition) is 1. The summed E-state index contributed by atoms with van der Waals surface area (Å²) in [6.45, 7) is 3.82. The lowest BCUT2D eigenvalue weighted by Crippen LogP contribution is -2.58. The number of carbonyl (C=O) groups excluding carboxylic acids is 3. The number of esters is 1. The molecule has 0 spiro atoms. The molecule has 0 bridgehead atoms. The van der Waals surface area contributed by atoms with Gasteiger partial charge in [0, 0.05) is 19.0 Å². The fourth-order valence-corrected chi connectivity index (χ4v) is 4.93. The fourth-order valence-electron chi connectivity index (χ4n) is 4.93. The van der Waals surface area contributed by atoms with Gasteiger partial charge in [-0.1, -0.05) is 42.5 Å². The monoisotopic (exact) mass is 424 g/mol. The van der Waals surface area contributed by atoms with Crippen LogP contribution in [0.15, 0.2) is 54.6 Å². The Morgan fingerprint density at radius 2 is 1.74 bits per heavy atom. The third kappa shape index (κ3) is 3.43. The van der Waals surface area contributed by atoms with Gasteiger partial charge in [-0.15, -0.1) is 0 Å². The van der Waals surface area contributed by atoms with E-state index in [4.69, 9.17) is 4.74 Å². The van der Waals surface area contributed by atoms with Crippen LogP contribution in [-0.4, -0.2) is 41.4 Å². The molecule has 2 aliphatic heterocycles. The van der Waals surface area contributed by atoms with Crippen LogP contribution in [0.1, 0.15) is 31.0 Å². The number of rotatable bonds is 6. The molecule has 162 valence electrons. The Morgan fingerprint density at radius 1 is 1.06 bits per heavy atom. The van der Waals surface area contributed by atoms with Gasteiger partial charge < -0.3 is 4.74 Å². The maximum atomic E-state index is 13.5. The molecular formula is C24H25FN2O4. The van der Waals surface area contributed by atoms with Gasteiger partial charge in [0.2, 0.25) is 11.8 Å². The maximum absolute atomic E-state index is 13.5. The molecule has 2 aromatic carbocycles. The van der Waals surface area contributed by atoms with Crippen molar-refractivity contribution in [2.75, 3.05) is 13.2 Å². The van der Waals surface area contributed by atoms with Crippen LogP contribution < -0.4 is 5.32 Å². The highest BCUT2D eigenvalue weighted by atomic mass is 19.1. The molecule has 7 heteroatoms. The van der Waals surface area contributed by atoms with Crippen molar-refractivity contribution in [1.29, 1.82) is 0 Å². The van der Waals surface area contributed by atoms with Gasteiger partial charge >= 0.3 is 5.97 Å². The van der Waals surface area contributed by atoms with Crippen LogP contribution >= 0.6 is 0 Å². The second-order valence-electron chi connectivity index (χ2n) is 7.95. The highest BCUT2D eigenvalue weighted by Gasteiger charge is 2.68. The summed E-state index contributed by atoms with van der Waals surface area (Å²) < 4.78 is 19.0. The third-order valence-corrected chi connectivity index (χ3v) is 6.26. The van der Waals surface area contributed by atoms with Crippen molar-refractivity contribution in [3.8, 4) is 0 Å². The highest BCUT2D eigenvalue weighted by molar-refractivity contribution is 6.09. The van der Waals surface area contributed by atoms with Crippen molar-refractivity contribution in [1.82, 2.24) is 10.2 Å². The Hall–Kier alpha value is -3.06. The normalized spacial score (nSPS) is 27.5. The number of nitrogens with zero attached hydrogens (tertiary/aromatic N) is 1. The minimum atomic E-state index is -1.41. The SMILES string of the molecule is CCOC(=O)C1(Cc2ccccc2)NC(c2ccc(F)cc2)C2C(=O)N(CC)C(=O)C21. The van der Waals surface area contributed by atoms with Crippen molar-refractivity contribution in [2.45, 2.75) is 31.8 Å². The van der Waals surface area contributed by atoms with Crippen molar-refractivity contribution < 1.29 is 23.5 Å². The second kappa shape index (κ2) is 8.23. The molecule has 2 amide bonds. The van der Waals surface area contributed by atoms with Crippen LogP contribution in [0, 0.1) is 17.7 Å². The van der Waals surface area contributed by atoms with E-state index in [2.05, 4.69) is 5.32 Å². The Balaban J connectivity index is 1.86. The molecule has 0 aliphatic carbocycles. The molecule has 4 unspecified atom stereocenters. The lowest BCUT2D eigenvalue weighted by atomic mass is 9.76. The molecule has 1 N–H and O–H groups in total. The van der Waals surface area contributed by atoms with Gasteiger partial charge in [0.25, 0.3) is 0 Å². The smallest absolute Gasteiger partial charge is 0.327 e. The molecule has 31 heavy (non-hydrogen) atoms. The predicted octanol–water partition coefficient (Wildman–Crippen LogP) is 2.64. The molecule has 2 fully saturated rings.